The van der Waals surface area contributed by atoms with Gasteiger partial charge in [0.15, 0.2) is 0 Å². The van der Waals surface area contributed by atoms with Crippen LogP contribution in [0.5, 0.6) is 0 Å². The van der Waals surface area contributed by atoms with Gasteiger partial charge in [0.1, 0.15) is 0 Å². The van der Waals surface area contributed by atoms with Crippen LogP contribution in [0.15, 0.2) is 35.1 Å². The van der Waals surface area contributed by atoms with Crippen LogP contribution in [-0.4, -0.2) is 9.55 Å². The van der Waals surface area contributed by atoms with E-state index in [0.29, 0.717) is 6.04 Å². The fourth-order valence-electron chi connectivity index (χ4n) is 2.92. The van der Waals surface area contributed by atoms with E-state index >= 15 is 0 Å². The van der Waals surface area contributed by atoms with Gasteiger partial charge in [-0.2, -0.15) is 0 Å². The molecule has 0 saturated heterocycles. The molecule has 1 heterocycles. The fourth-order valence-corrected chi connectivity index (χ4v) is 3.26. The van der Waals surface area contributed by atoms with E-state index in [9.17, 15) is 0 Å². The number of imidazole rings is 1. The monoisotopic (exact) mass is 333 g/mol. The first-order valence-electron chi connectivity index (χ1n) is 7.30. The molecule has 106 valence electrons. The van der Waals surface area contributed by atoms with Crippen LogP contribution in [0.2, 0.25) is 0 Å². The van der Waals surface area contributed by atoms with Gasteiger partial charge in [0.05, 0.1) is 5.69 Å². The third-order valence-electron chi connectivity index (χ3n) is 4.01. The lowest BCUT2D eigenvalue weighted by molar-refractivity contribution is 0.356. The first-order chi connectivity index (χ1) is 9.74. The molecular weight excluding hydrogens is 314 g/mol. The minimum atomic E-state index is 0.595. The summed E-state index contributed by atoms with van der Waals surface area (Å²) < 4.78 is 3.37. The van der Waals surface area contributed by atoms with Crippen LogP contribution in [0.3, 0.4) is 0 Å². The van der Waals surface area contributed by atoms with E-state index in [1.807, 2.05) is 6.20 Å². The fraction of sp³-hybridized carbons (Fsp3) is 0.438. The Morgan fingerprint density at radius 3 is 2.85 bits per heavy atom. The molecule has 3 nitrogen and oxygen atoms in total. The number of benzene rings is 1. The van der Waals surface area contributed by atoms with Gasteiger partial charge in [0.2, 0.25) is 5.95 Å². The minimum Gasteiger partial charge on any atom is -0.325 e. The summed E-state index contributed by atoms with van der Waals surface area (Å²) in [6.07, 6.45) is 10.5. The predicted octanol–water partition coefficient (Wildman–Crippen LogP) is 5.20. The summed E-state index contributed by atoms with van der Waals surface area (Å²) in [4.78, 5) is 4.49. The number of halogens is 1. The molecule has 1 fully saturated rings. The molecular formula is C16H20BrN3. The number of rotatable bonds is 3. The normalized spacial score (nSPS) is 16.3. The Hall–Kier alpha value is -1.29. The van der Waals surface area contributed by atoms with Crippen LogP contribution in [-0.2, 0) is 0 Å². The average Bonchev–Trinajstić information content (AvgIpc) is 2.92. The highest BCUT2D eigenvalue weighted by Crippen LogP contribution is 2.32. The van der Waals surface area contributed by atoms with Crippen LogP contribution >= 0.6 is 15.9 Å². The van der Waals surface area contributed by atoms with E-state index in [0.717, 1.165) is 16.1 Å². The van der Waals surface area contributed by atoms with Crippen molar-refractivity contribution in [2.75, 3.05) is 5.32 Å². The van der Waals surface area contributed by atoms with Crippen LogP contribution in [0, 0.1) is 6.92 Å². The highest BCUT2D eigenvalue weighted by atomic mass is 79.9. The van der Waals surface area contributed by atoms with E-state index in [1.165, 1.54) is 37.7 Å². The molecule has 1 aromatic heterocycles. The molecule has 2 aromatic rings. The van der Waals surface area contributed by atoms with Crippen molar-refractivity contribution in [3.8, 4) is 0 Å². The third-order valence-corrected chi connectivity index (χ3v) is 4.70. The van der Waals surface area contributed by atoms with Crippen molar-refractivity contribution in [3.63, 3.8) is 0 Å². The molecule has 1 saturated carbocycles. The molecule has 0 atom stereocenters. The van der Waals surface area contributed by atoms with E-state index in [4.69, 9.17) is 0 Å². The van der Waals surface area contributed by atoms with Crippen LogP contribution in [0.25, 0.3) is 0 Å². The second-order valence-electron chi connectivity index (χ2n) is 5.56. The SMILES string of the molecule is Cc1ccc(Br)c(Nc2nccn2C2CCCCC2)c1. The van der Waals surface area contributed by atoms with Gasteiger partial charge in [-0.15, -0.1) is 0 Å². The lowest BCUT2D eigenvalue weighted by atomic mass is 9.95. The molecule has 1 aliphatic rings. The summed E-state index contributed by atoms with van der Waals surface area (Å²) in [5, 5.41) is 3.46. The van der Waals surface area contributed by atoms with Gasteiger partial charge in [-0.25, -0.2) is 4.98 Å². The molecule has 1 aromatic carbocycles. The highest BCUT2D eigenvalue weighted by Gasteiger charge is 2.18. The minimum absolute atomic E-state index is 0.595. The molecule has 1 aliphatic carbocycles. The van der Waals surface area contributed by atoms with Crippen molar-refractivity contribution in [2.45, 2.75) is 45.1 Å². The van der Waals surface area contributed by atoms with Crippen molar-refractivity contribution in [1.82, 2.24) is 9.55 Å². The Bertz CT molecular complexity index is 585. The van der Waals surface area contributed by atoms with Crippen molar-refractivity contribution in [2.24, 2.45) is 0 Å². The lowest BCUT2D eigenvalue weighted by Gasteiger charge is -2.25. The summed E-state index contributed by atoms with van der Waals surface area (Å²) >= 11 is 3.60. The number of aryl methyl sites for hydroxylation is 1. The zero-order chi connectivity index (χ0) is 13.9. The number of hydrogen-bond acceptors (Lipinski definition) is 2. The van der Waals surface area contributed by atoms with Gasteiger partial charge in [-0.1, -0.05) is 25.3 Å². The molecule has 0 aliphatic heterocycles. The molecule has 0 radical (unpaired) electrons. The molecule has 4 heteroatoms. The third kappa shape index (κ3) is 2.90. The van der Waals surface area contributed by atoms with E-state index in [-0.39, 0.29) is 0 Å². The van der Waals surface area contributed by atoms with Gasteiger partial charge in [0, 0.05) is 22.9 Å². The van der Waals surface area contributed by atoms with Crippen LogP contribution in [0.4, 0.5) is 11.6 Å². The first kappa shape index (κ1) is 13.7. The van der Waals surface area contributed by atoms with E-state index < -0.39 is 0 Å². The van der Waals surface area contributed by atoms with Crippen LogP contribution < -0.4 is 5.32 Å². The van der Waals surface area contributed by atoms with Gasteiger partial charge in [0.25, 0.3) is 0 Å². The summed E-state index contributed by atoms with van der Waals surface area (Å²) in [7, 11) is 0. The Balaban J connectivity index is 1.84. The van der Waals surface area contributed by atoms with E-state index in [1.54, 1.807) is 0 Å². The Morgan fingerprint density at radius 2 is 2.05 bits per heavy atom. The number of hydrogen-bond donors (Lipinski definition) is 1. The number of anilines is 2. The van der Waals surface area contributed by atoms with Crippen molar-refractivity contribution < 1.29 is 0 Å². The zero-order valence-electron chi connectivity index (χ0n) is 11.8. The number of nitrogens with one attached hydrogen (secondary N) is 1. The maximum atomic E-state index is 4.49. The maximum absolute atomic E-state index is 4.49. The van der Waals surface area contributed by atoms with Crippen LogP contribution in [0.1, 0.15) is 43.7 Å². The van der Waals surface area contributed by atoms with Crippen molar-refractivity contribution in [3.05, 3.63) is 40.6 Å². The van der Waals surface area contributed by atoms with Gasteiger partial charge in [-0.3, -0.25) is 0 Å². The molecule has 0 unspecified atom stereocenters. The number of nitrogens with zero attached hydrogens (tertiary/aromatic N) is 2. The second kappa shape index (κ2) is 6.00. The summed E-state index contributed by atoms with van der Waals surface area (Å²) in [5.41, 5.74) is 2.32. The quantitative estimate of drug-likeness (QED) is 0.836. The zero-order valence-corrected chi connectivity index (χ0v) is 13.4. The van der Waals surface area contributed by atoms with Crippen molar-refractivity contribution >= 4 is 27.6 Å². The first-order valence-corrected chi connectivity index (χ1v) is 8.09. The largest absolute Gasteiger partial charge is 0.325 e. The second-order valence-corrected chi connectivity index (χ2v) is 6.41. The molecule has 1 N–H and O–H groups in total. The topological polar surface area (TPSA) is 29.9 Å². The Kier molecular flexibility index (Phi) is 4.10. The number of aromatic nitrogens is 2. The van der Waals surface area contributed by atoms with Crippen molar-refractivity contribution in [1.29, 1.82) is 0 Å². The standard InChI is InChI=1S/C16H20BrN3/c1-12-7-8-14(17)15(11-12)19-16-18-9-10-20(16)13-5-3-2-4-6-13/h7-11,13H,2-6H2,1H3,(H,18,19). The molecule has 3 rings (SSSR count). The summed E-state index contributed by atoms with van der Waals surface area (Å²) in [6, 6.07) is 6.91. The smallest absolute Gasteiger partial charge is 0.207 e. The summed E-state index contributed by atoms with van der Waals surface area (Å²) in [5.74, 6) is 0.947. The van der Waals surface area contributed by atoms with E-state index in [2.05, 4.69) is 62.1 Å². The molecule has 20 heavy (non-hydrogen) atoms. The highest BCUT2D eigenvalue weighted by molar-refractivity contribution is 9.10. The average molecular weight is 334 g/mol. The molecule has 0 spiro atoms. The predicted molar refractivity (Wildman–Crippen MR) is 86.5 cm³/mol. The van der Waals surface area contributed by atoms with Gasteiger partial charge < -0.3 is 9.88 Å². The van der Waals surface area contributed by atoms with Gasteiger partial charge in [-0.05, 0) is 53.4 Å². The van der Waals surface area contributed by atoms with Gasteiger partial charge >= 0.3 is 0 Å². The Labute approximate surface area is 128 Å². The summed E-state index contributed by atoms with van der Waals surface area (Å²) in [6.45, 7) is 2.10. The lowest BCUT2D eigenvalue weighted by Crippen LogP contribution is -2.14. The molecule has 0 amide bonds. The Morgan fingerprint density at radius 1 is 1.25 bits per heavy atom. The maximum Gasteiger partial charge on any atom is 0.207 e. The molecule has 0 bridgehead atoms.